The average molecular weight is 173 g/mol. The van der Waals surface area contributed by atoms with Crippen LogP contribution in [0.25, 0.3) is 0 Å². The van der Waals surface area contributed by atoms with Gasteiger partial charge >= 0.3 is 5.97 Å². The minimum Gasteiger partial charge on any atom is -0.338 e. The van der Waals surface area contributed by atoms with Gasteiger partial charge in [0.15, 0.2) is 0 Å². The molecule has 0 heterocycles. The molecule has 0 aliphatic heterocycles. The van der Waals surface area contributed by atoms with Gasteiger partial charge < -0.3 is 4.84 Å². The molecular weight excluding hydrogens is 158 g/mol. The van der Waals surface area contributed by atoms with Gasteiger partial charge in [-0.25, -0.2) is 4.79 Å². The Kier molecular flexibility index (Phi) is 5.08. The Labute approximate surface area is 72.4 Å². The number of hydrogen-bond donors (Lipinski definition) is 0. The van der Waals surface area contributed by atoms with Crippen LogP contribution in [-0.2, 0) is 14.4 Å². The third-order valence-corrected chi connectivity index (χ3v) is 1.37. The second kappa shape index (κ2) is 5.57. The Bertz CT molecular complexity index is 168. The Hall–Kier alpha value is -1.06. The zero-order chi connectivity index (χ0) is 9.56. The van der Waals surface area contributed by atoms with Gasteiger partial charge in [-0.2, -0.15) is 5.06 Å². The summed E-state index contributed by atoms with van der Waals surface area (Å²) in [6, 6.07) is 0. The second-order valence-corrected chi connectivity index (χ2v) is 2.26. The minimum atomic E-state index is -0.376. The highest BCUT2D eigenvalue weighted by molar-refractivity contribution is 5.77. The molecule has 12 heavy (non-hydrogen) atoms. The Morgan fingerprint density at radius 1 is 1.17 bits per heavy atom. The van der Waals surface area contributed by atoms with Crippen molar-refractivity contribution >= 4 is 11.9 Å². The van der Waals surface area contributed by atoms with Crippen molar-refractivity contribution in [3.63, 3.8) is 0 Å². The summed E-state index contributed by atoms with van der Waals surface area (Å²) in [5, 5.41) is 1.09. The molecule has 4 heteroatoms. The lowest BCUT2D eigenvalue weighted by atomic mass is 10.4. The van der Waals surface area contributed by atoms with Crippen LogP contribution in [0.15, 0.2) is 0 Å². The van der Waals surface area contributed by atoms with Crippen LogP contribution in [0.1, 0.15) is 33.6 Å². The van der Waals surface area contributed by atoms with E-state index >= 15 is 0 Å². The van der Waals surface area contributed by atoms with E-state index in [1.165, 1.54) is 0 Å². The number of nitrogens with zero attached hydrogens (tertiary/aromatic N) is 1. The normalized spacial score (nSPS) is 9.25. The summed E-state index contributed by atoms with van der Waals surface area (Å²) >= 11 is 0. The molecule has 4 nitrogen and oxygen atoms in total. The topological polar surface area (TPSA) is 46.6 Å². The zero-order valence-electron chi connectivity index (χ0n) is 7.79. The van der Waals surface area contributed by atoms with Gasteiger partial charge in [-0.1, -0.05) is 13.8 Å². The van der Waals surface area contributed by atoms with Crippen molar-refractivity contribution in [1.29, 1.82) is 0 Å². The third-order valence-electron chi connectivity index (χ3n) is 1.37. The highest BCUT2D eigenvalue weighted by atomic mass is 16.7. The van der Waals surface area contributed by atoms with Crippen LogP contribution >= 0.6 is 0 Å². The molecule has 0 bridgehead atoms. The van der Waals surface area contributed by atoms with Gasteiger partial charge in [0.25, 0.3) is 5.91 Å². The molecule has 0 aromatic carbocycles. The van der Waals surface area contributed by atoms with E-state index < -0.39 is 0 Å². The van der Waals surface area contributed by atoms with Crippen molar-refractivity contribution in [2.75, 3.05) is 6.54 Å². The first kappa shape index (κ1) is 10.9. The van der Waals surface area contributed by atoms with Crippen molar-refractivity contribution < 1.29 is 14.4 Å². The highest BCUT2D eigenvalue weighted by Gasteiger charge is 2.13. The molecule has 0 atom stereocenters. The molecule has 0 aliphatic rings. The fourth-order valence-electron chi connectivity index (χ4n) is 0.656. The molecule has 0 saturated heterocycles. The predicted octanol–water partition coefficient (Wildman–Crippen LogP) is 1.11. The lowest BCUT2D eigenvalue weighted by Crippen LogP contribution is -2.32. The molecule has 0 unspecified atom stereocenters. The maximum Gasteiger partial charge on any atom is 0.332 e. The molecular formula is C8H15NO3. The van der Waals surface area contributed by atoms with E-state index in [1.807, 2.05) is 0 Å². The number of carbonyl (C=O) groups excluding carboxylic acids is 2. The van der Waals surface area contributed by atoms with Crippen LogP contribution in [0.3, 0.4) is 0 Å². The molecule has 0 aromatic rings. The summed E-state index contributed by atoms with van der Waals surface area (Å²) in [6.45, 7) is 5.58. The van der Waals surface area contributed by atoms with Crippen LogP contribution < -0.4 is 0 Å². The molecule has 0 aromatic heterocycles. The first-order valence-corrected chi connectivity index (χ1v) is 4.16. The molecule has 0 N–H and O–H groups in total. The standard InChI is InChI=1S/C8H15NO3/c1-4-7(10)9(6-3)12-8(11)5-2/h4-6H2,1-3H3. The van der Waals surface area contributed by atoms with Crippen LogP contribution in [0.2, 0.25) is 0 Å². The molecule has 1 amide bonds. The van der Waals surface area contributed by atoms with E-state index in [1.54, 1.807) is 20.8 Å². The van der Waals surface area contributed by atoms with Crippen LogP contribution in [0.5, 0.6) is 0 Å². The Balaban J connectivity index is 3.99. The van der Waals surface area contributed by atoms with Gasteiger partial charge in [-0.3, -0.25) is 4.79 Å². The fraction of sp³-hybridized carbons (Fsp3) is 0.750. The van der Waals surface area contributed by atoms with E-state index in [4.69, 9.17) is 4.84 Å². The minimum absolute atomic E-state index is 0.167. The molecule has 0 aliphatic carbocycles. The van der Waals surface area contributed by atoms with Gasteiger partial charge in [0.2, 0.25) is 0 Å². The van der Waals surface area contributed by atoms with Gasteiger partial charge in [-0.15, -0.1) is 0 Å². The molecule has 70 valence electrons. The van der Waals surface area contributed by atoms with Crippen molar-refractivity contribution in [2.45, 2.75) is 33.6 Å². The number of rotatable bonds is 3. The summed E-state index contributed by atoms with van der Waals surface area (Å²) in [6.07, 6.45) is 0.637. The summed E-state index contributed by atoms with van der Waals surface area (Å²) in [5.74, 6) is -0.544. The molecule has 0 radical (unpaired) electrons. The summed E-state index contributed by atoms with van der Waals surface area (Å²) in [7, 11) is 0. The lowest BCUT2D eigenvalue weighted by molar-refractivity contribution is -0.197. The van der Waals surface area contributed by atoms with Gasteiger partial charge in [0.05, 0.1) is 6.54 Å². The largest absolute Gasteiger partial charge is 0.338 e. The van der Waals surface area contributed by atoms with E-state index in [0.717, 1.165) is 5.06 Å². The maximum atomic E-state index is 11.0. The first-order valence-electron chi connectivity index (χ1n) is 4.16. The second-order valence-electron chi connectivity index (χ2n) is 2.26. The molecule has 0 spiro atoms. The molecule has 0 rings (SSSR count). The van der Waals surface area contributed by atoms with E-state index in [-0.39, 0.29) is 18.3 Å². The van der Waals surface area contributed by atoms with Gasteiger partial charge in [-0.05, 0) is 6.92 Å². The number of carbonyl (C=O) groups is 2. The van der Waals surface area contributed by atoms with Crippen LogP contribution in [0, 0.1) is 0 Å². The molecule has 0 saturated carbocycles. The van der Waals surface area contributed by atoms with Crippen molar-refractivity contribution in [3.8, 4) is 0 Å². The maximum absolute atomic E-state index is 11.0. The number of hydrogen-bond acceptors (Lipinski definition) is 3. The molecule has 0 fully saturated rings. The SMILES string of the molecule is CCC(=O)ON(CC)C(=O)CC. The Morgan fingerprint density at radius 2 is 1.75 bits per heavy atom. The Morgan fingerprint density at radius 3 is 2.08 bits per heavy atom. The van der Waals surface area contributed by atoms with E-state index in [0.29, 0.717) is 13.0 Å². The first-order chi connectivity index (χ1) is 5.65. The van der Waals surface area contributed by atoms with Crippen molar-refractivity contribution in [2.24, 2.45) is 0 Å². The van der Waals surface area contributed by atoms with Gasteiger partial charge in [0, 0.05) is 12.8 Å². The summed E-state index contributed by atoms with van der Waals surface area (Å²) < 4.78 is 0. The van der Waals surface area contributed by atoms with Crippen LogP contribution in [0.4, 0.5) is 0 Å². The fourth-order valence-corrected chi connectivity index (χ4v) is 0.656. The highest BCUT2D eigenvalue weighted by Crippen LogP contribution is 1.97. The average Bonchev–Trinajstić information content (AvgIpc) is 2.12. The number of hydroxylamine groups is 2. The van der Waals surface area contributed by atoms with Crippen molar-refractivity contribution in [3.05, 3.63) is 0 Å². The lowest BCUT2D eigenvalue weighted by Gasteiger charge is -2.17. The van der Waals surface area contributed by atoms with Crippen molar-refractivity contribution in [1.82, 2.24) is 5.06 Å². The van der Waals surface area contributed by atoms with Gasteiger partial charge in [0.1, 0.15) is 0 Å². The number of amides is 1. The van der Waals surface area contributed by atoms with E-state index in [9.17, 15) is 9.59 Å². The monoisotopic (exact) mass is 173 g/mol. The summed E-state index contributed by atoms with van der Waals surface area (Å²) in [5.41, 5.74) is 0. The summed E-state index contributed by atoms with van der Waals surface area (Å²) in [4.78, 5) is 26.6. The van der Waals surface area contributed by atoms with Crippen LogP contribution in [-0.4, -0.2) is 23.5 Å². The quantitative estimate of drug-likeness (QED) is 0.601. The smallest absolute Gasteiger partial charge is 0.332 e. The predicted molar refractivity (Wildman–Crippen MR) is 44.1 cm³/mol. The van der Waals surface area contributed by atoms with E-state index in [2.05, 4.69) is 0 Å². The third kappa shape index (κ3) is 3.37. The zero-order valence-corrected chi connectivity index (χ0v) is 7.79.